The maximum Gasteiger partial charge on any atom is 0.0682 e. The van der Waals surface area contributed by atoms with Crippen LogP contribution in [0, 0.1) is 6.92 Å². The van der Waals surface area contributed by atoms with Gasteiger partial charge in [0, 0.05) is 17.6 Å². The van der Waals surface area contributed by atoms with E-state index in [9.17, 15) is 0 Å². The lowest BCUT2D eigenvalue weighted by atomic mass is 10.2. The minimum absolute atomic E-state index is 0.965. The van der Waals surface area contributed by atoms with Crippen LogP contribution in [0.2, 0.25) is 0 Å². The maximum atomic E-state index is 2.25. The Bertz CT molecular complexity index is 450. The predicted octanol–water partition coefficient (Wildman–Crippen LogP) is 4.18. The molecule has 0 saturated carbocycles. The highest BCUT2D eigenvalue weighted by Crippen LogP contribution is 2.21. The second-order valence-corrected chi connectivity index (χ2v) is 5.14. The second kappa shape index (κ2) is 5.78. The molecule has 0 heterocycles. The van der Waals surface area contributed by atoms with Gasteiger partial charge in [0.25, 0.3) is 0 Å². The minimum atomic E-state index is 0.965. The zero-order chi connectivity index (χ0) is 12.1. The first-order chi connectivity index (χ1) is 8.25. The Kier molecular flexibility index (Phi) is 4.10. The van der Waals surface area contributed by atoms with Gasteiger partial charge in [-0.3, -0.25) is 0 Å². The van der Waals surface area contributed by atoms with E-state index in [-0.39, 0.29) is 0 Å². The fourth-order valence-electron chi connectivity index (χ4n) is 1.56. The Morgan fingerprint density at radius 3 is 2.24 bits per heavy atom. The predicted molar refractivity (Wildman–Crippen MR) is 76.7 cm³/mol. The summed E-state index contributed by atoms with van der Waals surface area (Å²) in [5.41, 5.74) is 2.57. The third kappa shape index (κ3) is 3.53. The summed E-state index contributed by atoms with van der Waals surface area (Å²) < 4.78 is 0. The first kappa shape index (κ1) is 12.1. The van der Waals surface area contributed by atoms with Crippen molar-refractivity contribution < 1.29 is 0 Å². The van der Waals surface area contributed by atoms with Crippen molar-refractivity contribution in [3.05, 3.63) is 60.2 Å². The number of benzene rings is 2. The molecule has 0 amide bonds. The zero-order valence-electron chi connectivity index (χ0n) is 10.3. The first-order valence-electron chi connectivity index (χ1n) is 5.71. The molecule has 1 nitrogen and oxygen atoms in total. The van der Waals surface area contributed by atoms with Crippen LogP contribution < -0.4 is 4.90 Å². The molecule has 17 heavy (non-hydrogen) atoms. The quantitative estimate of drug-likeness (QED) is 0.585. The molecule has 2 heteroatoms. The molecule has 0 aliphatic rings. The molecule has 88 valence electrons. The summed E-state index contributed by atoms with van der Waals surface area (Å²) in [5, 5.41) is 0. The normalized spacial score (nSPS) is 10.2. The van der Waals surface area contributed by atoms with Crippen molar-refractivity contribution in [3.8, 4) is 0 Å². The van der Waals surface area contributed by atoms with Gasteiger partial charge in [0.1, 0.15) is 0 Å². The molecule has 0 spiro atoms. The van der Waals surface area contributed by atoms with Crippen LogP contribution in [0.5, 0.6) is 0 Å². The van der Waals surface area contributed by atoms with E-state index in [0.29, 0.717) is 0 Å². The highest BCUT2D eigenvalue weighted by atomic mass is 32.2. The summed E-state index contributed by atoms with van der Waals surface area (Å²) in [6, 6.07) is 19.1. The monoisotopic (exact) mass is 243 g/mol. The molecule has 0 aromatic heterocycles. The average molecular weight is 243 g/mol. The molecular formula is C15H17NS. The van der Waals surface area contributed by atoms with E-state index in [0.717, 1.165) is 5.88 Å². The summed E-state index contributed by atoms with van der Waals surface area (Å²) in [6.07, 6.45) is 0. The molecule has 0 N–H and O–H groups in total. The van der Waals surface area contributed by atoms with Crippen molar-refractivity contribution in [2.24, 2.45) is 0 Å². The third-order valence-electron chi connectivity index (χ3n) is 2.64. The standard InChI is InChI=1S/C15H17NS/c1-13-8-10-15(11-9-13)17-12-16(2)14-6-4-3-5-7-14/h3-11H,12H2,1-2H3. The zero-order valence-corrected chi connectivity index (χ0v) is 11.1. The van der Waals surface area contributed by atoms with Gasteiger partial charge in [0.15, 0.2) is 0 Å². The van der Waals surface area contributed by atoms with Gasteiger partial charge in [-0.1, -0.05) is 35.9 Å². The van der Waals surface area contributed by atoms with Crippen LogP contribution >= 0.6 is 11.8 Å². The third-order valence-corrected chi connectivity index (χ3v) is 3.76. The van der Waals surface area contributed by atoms with Gasteiger partial charge in [-0.2, -0.15) is 0 Å². The van der Waals surface area contributed by atoms with E-state index < -0.39 is 0 Å². The molecule has 0 bridgehead atoms. The summed E-state index contributed by atoms with van der Waals surface area (Å²) >= 11 is 1.86. The van der Waals surface area contributed by atoms with Gasteiger partial charge in [-0.05, 0) is 31.2 Å². The first-order valence-corrected chi connectivity index (χ1v) is 6.70. The SMILES string of the molecule is Cc1ccc(SCN(C)c2ccccc2)cc1. The Hall–Kier alpha value is -1.41. The lowest BCUT2D eigenvalue weighted by Crippen LogP contribution is -2.15. The highest BCUT2D eigenvalue weighted by molar-refractivity contribution is 7.99. The number of rotatable bonds is 4. The summed E-state index contributed by atoms with van der Waals surface area (Å²) in [5.74, 6) is 0.965. The van der Waals surface area contributed by atoms with Crippen molar-refractivity contribution in [2.75, 3.05) is 17.8 Å². The second-order valence-electron chi connectivity index (χ2n) is 4.12. The largest absolute Gasteiger partial charge is 0.365 e. The molecule has 0 fully saturated rings. The van der Waals surface area contributed by atoms with Crippen LogP contribution in [0.25, 0.3) is 0 Å². The maximum absolute atomic E-state index is 2.25. The molecule has 2 rings (SSSR count). The van der Waals surface area contributed by atoms with Gasteiger partial charge in [0.2, 0.25) is 0 Å². The number of para-hydroxylation sites is 1. The minimum Gasteiger partial charge on any atom is -0.365 e. The Labute approximate surface area is 107 Å². The van der Waals surface area contributed by atoms with Gasteiger partial charge < -0.3 is 4.90 Å². The fraction of sp³-hybridized carbons (Fsp3) is 0.200. The number of anilines is 1. The van der Waals surface area contributed by atoms with Crippen LogP contribution in [0.1, 0.15) is 5.56 Å². The Balaban J connectivity index is 1.92. The van der Waals surface area contributed by atoms with E-state index in [2.05, 4.69) is 67.4 Å². The van der Waals surface area contributed by atoms with Gasteiger partial charge >= 0.3 is 0 Å². The van der Waals surface area contributed by atoms with Crippen molar-refractivity contribution in [1.82, 2.24) is 0 Å². The number of hydrogen-bond donors (Lipinski definition) is 0. The molecular weight excluding hydrogens is 226 g/mol. The van der Waals surface area contributed by atoms with Crippen LogP contribution in [-0.2, 0) is 0 Å². The van der Waals surface area contributed by atoms with Crippen molar-refractivity contribution in [2.45, 2.75) is 11.8 Å². The van der Waals surface area contributed by atoms with Gasteiger partial charge in [-0.25, -0.2) is 0 Å². The topological polar surface area (TPSA) is 3.24 Å². The Morgan fingerprint density at radius 1 is 0.941 bits per heavy atom. The van der Waals surface area contributed by atoms with Crippen LogP contribution in [0.4, 0.5) is 5.69 Å². The molecule has 0 aliphatic heterocycles. The van der Waals surface area contributed by atoms with E-state index in [1.165, 1.54) is 16.1 Å². The smallest absolute Gasteiger partial charge is 0.0682 e. The van der Waals surface area contributed by atoms with E-state index in [4.69, 9.17) is 0 Å². The highest BCUT2D eigenvalue weighted by Gasteiger charge is 2.00. The molecule has 2 aromatic rings. The fourth-order valence-corrected chi connectivity index (χ4v) is 2.38. The summed E-state index contributed by atoms with van der Waals surface area (Å²) in [7, 11) is 2.12. The van der Waals surface area contributed by atoms with E-state index in [1.54, 1.807) is 0 Å². The lowest BCUT2D eigenvalue weighted by Gasteiger charge is -2.18. The summed E-state index contributed by atoms with van der Waals surface area (Å²) in [6.45, 7) is 2.12. The molecule has 0 unspecified atom stereocenters. The molecule has 0 saturated heterocycles. The average Bonchev–Trinajstić information content (AvgIpc) is 2.39. The number of aryl methyl sites for hydroxylation is 1. The summed E-state index contributed by atoms with van der Waals surface area (Å²) in [4.78, 5) is 3.57. The number of hydrogen-bond acceptors (Lipinski definition) is 2. The van der Waals surface area contributed by atoms with Crippen LogP contribution in [0.15, 0.2) is 59.5 Å². The molecule has 0 aliphatic carbocycles. The van der Waals surface area contributed by atoms with Crippen LogP contribution in [0.3, 0.4) is 0 Å². The van der Waals surface area contributed by atoms with Crippen molar-refractivity contribution >= 4 is 17.4 Å². The molecule has 0 atom stereocenters. The Morgan fingerprint density at radius 2 is 1.59 bits per heavy atom. The number of thioether (sulfide) groups is 1. The molecule has 0 radical (unpaired) electrons. The van der Waals surface area contributed by atoms with Gasteiger partial charge in [0.05, 0.1) is 5.88 Å². The molecule has 2 aromatic carbocycles. The van der Waals surface area contributed by atoms with Crippen molar-refractivity contribution in [1.29, 1.82) is 0 Å². The number of nitrogens with zero attached hydrogens (tertiary/aromatic N) is 1. The van der Waals surface area contributed by atoms with E-state index >= 15 is 0 Å². The van der Waals surface area contributed by atoms with Crippen molar-refractivity contribution in [3.63, 3.8) is 0 Å². The lowest BCUT2D eigenvalue weighted by molar-refractivity contribution is 1.09. The van der Waals surface area contributed by atoms with E-state index in [1.807, 2.05) is 17.8 Å². The van der Waals surface area contributed by atoms with Gasteiger partial charge in [-0.15, -0.1) is 11.8 Å². The van der Waals surface area contributed by atoms with Crippen LogP contribution in [-0.4, -0.2) is 12.9 Å².